The van der Waals surface area contributed by atoms with Crippen molar-refractivity contribution in [3.05, 3.63) is 80.9 Å². The zero-order valence-electron chi connectivity index (χ0n) is 23.8. The Kier molecular flexibility index (Phi) is 8.16. The first-order valence-electron chi connectivity index (χ1n) is 13.2. The number of hydrogen-bond acceptors (Lipinski definition) is 8. The number of anilines is 1. The predicted octanol–water partition coefficient (Wildman–Crippen LogP) is 6.26. The number of rotatable bonds is 7. The van der Waals surface area contributed by atoms with Crippen LogP contribution in [0.4, 0.5) is 5.13 Å². The monoisotopic (exact) mass is 562 g/mol. The average Bonchev–Trinajstić information content (AvgIpc) is 3.40. The van der Waals surface area contributed by atoms with E-state index < -0.39 is 23.7 Å². The van der Waals surface area contributed by atoms with Crippen LogP contribution in [0.1, 0.15) is 78.3 Å². The second kappa shape index (κ2) is 11.3. The molecule has 0 saturated carbocycles. The third kappa shape index (κ3) is 5.38. The number of benzene rings is 2. The normalized spacial score (nSPS) is 16.9. The van der Waals surface area contributed by atoms with Crippen LogP contribution in [0, 0.1) is 13.8 Å². The van der Waals surface area contributed by atoms with Gasteiger partial charge in [0.1, 0.15) is 16.4 Å². The number of thiazole rings is 1. The molecule has 9 heteroatoms. The maximum absolute atomic E-state index is 13.6. The van der Waals surface area contributed by atoms with Gasteiger partial charge in [0.15, 0.2) is 5.13 Å². The highest BCUT2D eigenvalue weighted by Gasteiger charge is 2.48. The molecule has 1 aromatic heterocycles. The third-order valence-corrected chi connectivity index (χ3v) is 7.89. The summed E-state index contributed by atoms with van der Waals surface area (Å²) in [6.45, 7) is 14.0. The summed E-state index contributed by atoms with van der Waals surface area (Å²) in [5.74, 6) is -1.86. The summed E-state index contributed by atoms with van der Waals surface area (Å²) < 4.78 is 10.7. The SMILES string of the molecule is CCOC(=O)c1sc(N2C(=O)C(=O)C(=C(O)c3ccc(OCC)cc3C)C2c2ccc(C(C)(C)C)cc2)nc1C. The minimum absolute atomic E-state index is 0.0497. The lowest BCUT2D eigenvalue weighted by Gasteiger charge is -2.25. The Labute approximate surface area is 238 Å². The number of Topliss-reactive ketones (excluding diaryl/α,β-unsaturated/α-hetero) is 1. The number of carbonyl (C=O) groups is 3. The van der Waals surface area contributed by atoms with Crippen LogP contribution in [0.3, 0.4) is 0 Å². The summed E-state index contributed by atoms with van der Waals surface area (Å²) in [5, 5.41) is 11.7. The van der Waals surface area contributed by atoms with Gasteiger partial charge in [-0.05, 0) is 68.0 Å². The number of nitrogens with zero attached hydrogens (tertiary/aromatic N) is 2. The second-order valence-corrected chi connectivity index (χ2v) is 11.6. The number of aliphatic hydroxyl groups is 1. The largest absolute Gasteiger partial charge is 0.507 e. The first-order valence-corrected chi connectivity index (χ1v) is 14.0. The van der Waals surface area contributed by atoms with Gasteiger partial charge in [-0.3, -0.25) is 14.5 Å². The molecule has 2 heterocycles. The van der Waals surface area contributed by atoms with E-state index in [0.29, 0.717) is 34.7 Å². The van der Waals surface area contributed by atoms with E-state index in [9.17, 15) is 19.5 Å². The lowest BCUT2D eigenvalue weighted by molar-refractivity contribution is -0.132. The number of hydrogen-bond donors (Lipinski definition) is 1. The fourth-order valence-corrected chi connectivity index (χ4v) is 5.67. The molecule has 3 aromatic rings. The number of ketones is 1. The van der Waals surface area contributed by atoms with Gasteiger partial charge in [0.25, 0.3) is 5.78 Å². The van der Waals surface area contributed by atoms with Gasteiger partial charge in [0.2, 0.25) is 0 Å². The van der Waals surface area contributed by atoms with Crippen molar-refractivity contribution in [2.24, 2.45) is 0 Å². The van der Waals surface area contributed by atoms with E-state index in [2.05, 4.69) is 25.8 Å². The first-order chi connectivity index (χ1) is 18.9. The van der Waals surface area contributed by atoms with Crippen molar-refractivity contribution in [3.8, 4) is 5.75 Å². The van der Waals surface area contributed by atoms with Gasteiger partial charge >= 0.3 is 11.9 Å². The zero-order valence-corrected chi connectivity index (χ0v) is 24.6. The molecule has 1 saturated heterocycles. The molecule has 1 N–H and O–H groups in total. The van der Waals surface area contributed by atoms with Gasteiger partial charge in [-0.2, -0.15) is 0 Å². The summed E-state index contributed by atoms with van der Waals surface area (Å²) >= 11 is 0.983. The fraction of sp³-hybridized carbons (Fsp3) is 0.355. The summed E-state index contributed by atoms with van der Waals surface area (Å²) in [6.07, 6.45) is 0. The standard InChI is InChI=1S/C31H34N2O6S/c1-8-38-21-14-15-22(17(3)16-21)25(34)23-24(19-10-12-20(13-11-19)31(5,6)7)33(28(36)26(23)35)30-32-18(4)27(40-30)29(37)39-9-2/h10-16,24,34H,8-9H2,1-7H3. The number of esters is 1. The van der Waals surface area contributed by atoms with Crippen molar-refractivity contribution in [2.75, 3.05) is 18.1 Å². The molecular weight excluding hydrogens is 528 g/mol. The van der Waals surface area contributed by atoms with Crippen LogP contribution >= 0.6 is 11.3 Å². The van der Waals surface area contributed by atoms with Gasteiger partial charge in [-0.25, -0.2) is 9.78 Å². The fourth-order valence-electron chi connectivity index (χ4n) is 4.69. The van der Waals surface area contributed by atoms with Crippen LogP contribution in [0.15, 0.2) is 48.0 Å². The predicted molar refractivity (Wildman–Crippen MR) is 155 cm³/mol. The molecule has 210 valence electrons. The van der Waals surface area contributed by atoms with Crippen LogP contribution in [0.5, 0.6) is 5.75 Å². The van der Waals surface area contributed by atoms with Gasteiger partial charge in [0.05, 0.1) is 30.5 Å². The zero-order chi connectivity index (χ0) is 29.4. The van der Waals surface area contributed by atoms with Crippen LogP contribution in [0.25, 0.3) is 5.76 Å². The summed E-state index contributed by atoms with van der Waals surface area (Å²) in [5.41, 5.74) is 3.04. The van der Waals surface area contributed by atoms with E-state index in [1.807, 2.05) is 31.2 Å². The molecule has 2 aromatic carbocycles. The Bertz CT molecular complexity index is 1500. The highest BCUT2D eigenvalue weighted by molar-refractivity contribution is 7.17. The molecule has 0 radical (unpaired) electrons. The highest BCUT2D eigenvalue weighted by Crippen LogP contribution is 2.44. The van der Waals surface area contributed by atoms with Crippen molar-refractivity contribution >= 4 is 39.9 Å². The van der Waals surface area contributed by atoms with E-state index in [4.69, 9.17) is 9.47 Å². The molecule has 40 heavy (non-hydrogen) atoms. The van der Waals surface area contributed by atoms with Gasteiger partial charge in [-0.1, -0.05) is 56.4 Å². The number of ether oxygens (including phenoxy) is 2. The Morgan fingerprint density at radius 1 is 1.05 bits per heavy atom. The number of amides is 1. The molecule has 0 spiro atoms. The van der Waals surface area contributed by atoms with Crippen molar-refractivity contribution in [2.45, 2.75) is 59.9 Å². The van der Waals surface area contributed by atoms with Crippen LogP contribution < -0.4 is 9.64 Å². The minimum Gasteiger partial charge on any atom is -0.507 e. The van der Waals surface area contributed by atoms with E-state index in [0.717, 1.165) is 16.9 Å². The third-order valence-electron chi connectivity index (χ3n) is 6.75. The maximum atomic E-state index is 13.6. The Balaban J connectivity index is 1.92. The Morgan fingerprint density at radius 2 is 1.73 bits per heavy atom. The highest BCUT2D eigenvalue weighted by atomic mass is 32.1. The van der Waals surface area contributed by atoms with Gasteiger partial charge in [0, 0.05) is 5.56 Å². The van der Waals surface area contributed by atoms with Crippen LogP contribution in [0.2, 0.25) is 0 Å². The van der Waals surface area contributed by atoms with E-state index in [1.165, 1.54) is 4.90 Å². The van der Waals surface area contributed by atoms with Crippen molar-refractivity contribution < 1.29 is 29.0 Å². The maximum Gasteiger partial charge on any atom is 0.350 e. The summed E-state index contributed by atoms with van der Waals surface area (Å²) in [4.78, 5) is 45.6. The Morgan fingerprint density at radius 3 is 2.30 bits per heavy atom. The molecule has 1 unspecified atom stereocenters. The summed E-state index contributed by atoms with van der Waals surface area (Å²) in [6, 6.07) is 11.8. The number of aromatic nitrogens is 1. The number of aliphatic hydroxyl groups excluding tert-OH is 1. The van der Waals surface area contributed by atoms with Crippen LogP contribution in [-0.4, -0.2) is 41.0 Å². The lowest BCUT2D eigenvalue weighted by atomic mass is 9.85. The molecule has 0 aliphatic carbocycles. The van der Waals surface area contributed by atoms with E-state index in [1.54, 1.807) is 39.0 Å². The average molecular weight is 563 g/mol. The van der Waals surface area contributed by atoms with Gasteiger partial charge in [-0.15, -0.1) is 0 Å². The topological polar surface area (TPSA) is 106 Å². The number of aryl methyl sites for hydroxylation is 2. The van der Waals surface area contributed by atoms with Crippen LogP contribution in [-0.2, 0) is 19.7 Å². The molecule has 1 fully saturated rings. The molecule has 4 rings (SSSR count). The van der Waals surface area contributed by atoms with E-state index >= 15 is 0 Å². The molecule has 1 amide bonds. The molecular formula is C31H34N2O6S. The second-order valence-electron chi connectivity index (χ2n) is 10.6. The minimum atomic E-state index is -0.958. The smallest absolute Gasteiger partial charge is 0.350 e. The summed E-state index contributed by atoms with van der Waals surface area (Å²) in [7, 11) is 0. The van der Waals surface area contributed by atoms with E-state index in [-0.39, 0.29) is 33.4 Å². The quantitative estimate of drug-likeness (QED) is 0.157. The lowest BCUT2D eigenvalue weighted by Crippen LogP contribution is -2.29. The van der Waals surface area contributed by atoms with Gasteiger partial charge < -0.3 is 14.6 Å². The molecule has 0 bridgehead atoms. The Hall–Kier alpha value is -3.98. The first kappa shape index (κ1) is 29.0. The molecule has 8 nitrogen and oxygen atoms in total. The molecule has 1 aliphatic heterocycles. The molecule has 1 atom stereocenters. The van der Waals surface area contributed by atoms with Crippen molar-refractivity contribution in [3.63, 3.8) is 0 Å². The van der Waals surface area contributed by atoms with Crippen molar-refractivity contribution in [1.29, 1.82) is 0 Å². The van der Waals surface area contributed by atoms with Crippen molar-refractivity contribution in [1.82, 2.24) is 4.98 Å². The molecule has 1 aliphatic rings. The number of carbonyl (C=O) groups excluding carboxylic acids is 3.